The molecule has 1 saturated heterocycles. The van der Waals surface area contributed by atoms with Gasteiger partial charge >= 0.3 is 5.97 Å². The Hall–Kier alpha value is -3.90. The van der Waals surface area contributed by atoms with E-state index in [1.165, 1.54) is 19.3 Å². The number of nitrogens with zero attached hydrogens (tertiary/aromatic N) is 2. The third-order valence-electron chi connectivity index (χ3n) is 6.70. The fourth-order valence-electron chi connectivity index (χ4n) is 4.65. The minimum absolute atomic E-state index is 0.396. The van der Waals surface area contributed by atoms with Gasteiger partial charge in [-0.25, -0.2) is 9.78 Å². The molecule has 0 saturated carbocycles. The summed E-state index contributed by atoms with van der Waals surface area (Å²) in [4.78, 5) is 20.0. The summed E-state index contributed by atoms with van der Waals surface area (Å²) in [6.07, 6.45) is 4.77. The number of rotatable bonds is 10. The summed E-state index contributed by atoms with van der Waals surface area (Å²) in [5.41, 5.74) is 3.09. The van der Waals surface area contributed by atoms with Gasteiger partial charge < -0.3 is 14.2 Å². The lowest BCUT2D eigenvalue weighted by molar-refractivity contribution is 0.0735. The summed E-state index contributed by atoms with van der Waals surface area (Å²) in [5, 5.41) is 0.814. The molecule has 0 radical (unpaired) electrons. The molecule has 1 aliphatic heterocycles. The van der Waals surface area contributed by atoms with Crippen molar-refractivity contribution >= 4 is 16.9 Å². The van der Waals surface area contributed by atoms with Crippen molar-refractivity contribution in [3.05, 3.63) is 84.4 Å². The molecule has 1 aliphatic rings. The minimum atomic E-state index is -0.396. The molecule has 38 heavy (non-hydrogen) atoms. The van der Waals surface area contributed by atoms with Gasteiger partial charge in [0.25, 0.3) is 0 Å². The topological polar surface area (TPSA) is 60.9 Å². The third-order valence-corrected chi connectivity index (χ3v) is 6.70. The van der Waals surface area contributed by atoms with Gasteiger partial charge in [0.15, 0.2) is 0 Å². The smallest absolute Gasteiger partial charge is 0.343 e. The Balaban J connectivity index is 1.42. The van der Waals surface area contributed by atoms with Crippen LogP contribution in [0.2, 0.25) is 0 Å². The van der Waals surface area contributed by atoms with Gasteiger partial charge in [0.2, 0.25) is 0 Å². The molecule has 1 fully saturated rings. The molecule has 0 N–H and O–H groups in total. The second-order valence-corrected chi connectivity index (χ2v) is 9.56. The number of esters is 1. The van der Waals surface area contributed by atoms with Crippen molar-refractivity contribution in [1.29, 1.82) is 0 Å². The molecule has 0 unspecified atom stereocenters. The Kier molecular flexibility index (Phi) is 8.51. The molecule has 6 nitrogen and oxygen atoms in total. The lowest BCUT2D eigenvalue weighted by Gasteiger charge is -2.26. The first kappa shape index (κ1) is 25.7. The summed E-state index contributed by atoms with van der Waals surface area (Å²) in [5.74, 6) is 1.64. The van der Waals surface area contributed by atoms with E-state index < -0.39 is 5.97 Å². The first-order valence-corrected chi connectivity index (χ1v) is 13.5. The first-order chi connectivity index (χ1) is 18.7. The standard InChI is InChI=1S/C32H34N2O4/c1-2-20-36-26-13-11-24(12-14-26)30-23-31(37-21-19-34-17-7-4-8-18-34)28-22-27(15-16-29(28)33-30)38-32(35)25-9-5-3-6-10-25/h3,5-6,9-16,22-23H,2,4,7-8,17-21H2,1H3. The molecule has 6 heteroatoms. The number of benzene rings is 3. The van der Waals surface area contributed by atoms with Crippen LogP contribution in [0.1, 0.15) is 43.0 Å². The number of carbonyl (C=O) groups excluding carboxylic acids is 1. The average molecular weight is 511 g/mol. The van der Waals surface area contributed by atoms with E-state index in [9.17, 15) is 4.79 Å². The summed E-state index contributed by atoms with van der Waals surface area (Å²) < 4.78 is 17.8. The van der Waals surface area contributed by atoms with Gasteiger partial charge in [0.1, 0.15) is 23.9 Å². The van der Waals surface area contributed by atoms with Crippen molar-refractivity contribution in [3.63, 3.8) is 0 Å². The summed E-state index contributed by atoms with van der Waals surface area (Å²) in [7, 11) is 0. The van der Waals surface area contributed by atoms with Crippen LogP contribution < -0.4 is 14.2 Å². The first-order valence-electron chi connectivity index (χ1n) is 13.5. The quantitative estimate of drug-likeness (QED) is 0.173. The highest BCUT2D eigenvalue weighted by molar-refractivity contribution is 5.93. The zero-order valence-corrected chi connectivity index (χ0v) is 21.9. The van der Waals surface area contributed by atoms with Crippen molar-refractivity contribution in [2.75, 3.05) is 32.8 Å². The molecule has 3 aromatic carbocycles. The van der Waals surface area contributed by atoms with Crippen LogP contribution in [0.15, 0.2) is 78.9 Å². The molecule has 1 aromatic heterocycles. The predicted molar refractivity (Wildman–Crippen MR) is 150 cm³/mol. The third kappa shape index (κ3) is 6.50. The van der Waals surface area contributed by atoms with E-state index in [4.69, 9.17) is 19.2 Å². The lowest BCUT2D eigenvalue weighted by Crippen LogP contribution is -2.33. The van der Waals surface area contributed by atoms with Crippen LogP contribution in [0.25, 0.3) is 22.2 Å². The number of carbonyl (C=O) groups is 1. The largest absolute Gasteiger partial charge is 0.494 e. The number of hydrogen-bond acceptors (Lipinski definition) is 6. The number of hydrogen-bond donors (Lipinski definition) is 0. The highest BCUT2D eigenvalue weighted by Gasteiger charge is 2.15. The Morgan fingerprint density at radius 2 is 1.61 bits per heavy atom. The maximum atomic E-state index is 12.6. The van der Waals surface area contributed by atoms with Gasteiger partial charge in [-0.1, -0.05) is 31.5 Å². The Morgan fingerprint density at radius 1 is 0.842 bits per heavy atom. The fraction of sp³-hybridized carbons (Fsp3) is 0.312. The molecule has 0 aliphatic carbocycles. The van der Waals surface area contributed by atoms with Crippen LogP contribution >= 0.6 is 0 Å². The minimum Gasteiger partial charge on any atom is -0.494 e. The number of fused-ring (bicyclic) bond motifs is 1. The van der Waals surface area contributed by atoms with E-state index in [1.54, 1.807) is 18.2 Å². The van der Waals surface area contributed by atoms with Gasteiger partial charge in [-0.3, -0.25) is 4.90 Å². The average Bonchev–Trinajstić information content (AvgIpc) is 2.97. The fourth-order valence-corrected chi connectivity index (χ4v) is 4.65. The summed E-state index contributed by atoms with van der Waals surface area (Å²) in [6, 6.07) is 24.4. The van der Waals surface area contributed by atoms with E-state index in [0.717, 1.165) is 59.7 Å². The number of aromatic nitrogens is 1. The number of likely N-dealkylation sites (tertiary alicyclic amines) is 1. The molecule has 0 spiro atoms. The molecular formula is C32H34N2O4. The molecule has 196 valence electrons. The molecule has 0 amide bonds. The molecule has 0 bridgehead atoms. The van der Waals surface area contributed by atoms with Crippen molar-refractivity contribution in [2.24, 2.45) is 0 Å². The second kappa shape index (κ2) is 12.6. The number of pyridine rings is 1. The summed E-state index contributed by atoms with van der Waals surface area (Å²) >= 11 is 0. The van der Waals surface area contributed by atoms with Crippen molar-refractivity contribution in [3.8, 4) is 28.5 Å². The van der Waals surface area contributed by atoms with E-state index >= 15 is 0 Å². The van der Waals surface area contributed by atoms with Gasteiger partial charge in [-0.15, -0.1) is 0 Å². The van der Waals surface area contributed by atoms with Crippen LogP contribution in [0.4, 0.5) is 0 Å². The Bertz CT molecular complexity index is 1350. The van der Waals surface area contributed by atoms with E-state index in [2.05, 4.69) is 11.8 Å². The van der Waals surface area contributed by atoms with Crippen molar-refractivity contribution in [1.82, 2.24) is 9.88 Å². The second-order valence-electron chi connectivity index (χ2n) is 9.56. The van der Waals surface area contributed by atoms with Crippen LogP contribution in [0, 0.1) is 0 Å². The molecule has 5 rings (SSSR count). The highest BCUT2D eigenvalue weighted by Crippen LogP contribution is 2.33. The van der Waals surface area contributed by atoms with Gasteiger partial charge in [-0.05, 0) is 86.9 Å². The molecule has 2 heterocycles. The molecular weight excluding hydrogens is 476 g/mol. The van der Waals surface area contributed by atoms with E-state index in [-0.39, 0.29) is 0 Å². The SMILES string of the molecule is CCCOc1ccc(-c2cc(OCCN3CCCCC3)c3cc(OC(=O)c4ccccc4)ccc3n2)cc1. The zero-order chi connectivity index (χ0) is 26.2. The highest BCUT2D eigenvalue weighted by atomic mass is 16.5. The normalized spacial score (nSPS) is 13.8. The maximum absolute atomic E-state index is 12.6. The van der Waals surface area contributed by atoms with Crippen molar-refractivity contribution < 1.29 is 19.0 Å². The van der Waals surface area contributed by atoms with Gasteiger partial charge in [-0.2, -0.15) is 0 Å². The monoisotopic (exact) mass is 510 g/mol. The zero-order valence-electron chi connectivity index (χ0n) is 21.9. The maximum Gasteiger partial charge on any atom is 0.343 e. The molecule has 4 aromatic rings. The predicted octanol–water partition coefficient (Wildman–Crippen LogP) is 6.77. The van der Waals surface area contributed by atoms with Crippen LogP contribution in [0.3, 0.4) is 0 Å². The van der Waals surface area contributed by atoms with Gasteiger partial charge in [0, 0.05) is 23.6 Å². The number of piperidine rings is 1. The Morgan fingerprint density at radius 3 is 2.37 bits per heavy atom. The lowest BCUT2D eigenvalue weighted by atomic mass is 10.1. The number of ether oxygens (including phenoxy) is 3. The van der Waals surface area contributed by atoms with E-state index in [0.29, 0.717) is 24.5 Å². The van der Waals surface area contributed by atoms with Crippen LogP contribution in [-0.4, -0.2) is 48.7 Å². The Labute approximate surface area is 224 Å². The summed E-state index contributed by atoms with van der Waals surface area (Å²) in [6.45, 7) is 6.49. The van der Waals surface area contributed by atoms with Gasteiger partial charge in [0.05, 0.1) is 23.4 Å². The van der Waals surface area contributed by atoms with Crippen molar-refractivity contribution in [2.45, 2.75) is 32.6 Å². The van der Waals surface area contributed by atoms with Crippen LogP contribution in [-0.2, 0) is 0 Å². The van der Waals surface area contributed by atoms with E-state index in [1.807, 2.05) is 60.7 Å². The van der Waals surface area contributed by atoms with Crippen LogP contribution in [0.5, 0.6) is 17.2 Å². The molecule has 0 atom stereocenters.